The highest BCUT2D eigenvalue weighted by Gasteiger charge is 2.48. The van der Waals surface area contributed by atoms with Gasteiger partial charge in [0.1, 0.15) is 24.4 Å². The molecule has 13 heteroatoms. The normalized spacial score (nSPS) is 19.8. The third-order valence-electron chi connectivity index (χ3n) is 13.8. The van der Waals surface area contributed by atoms with E-state index in [9.17, 15) is 38.2 Å². The molecule has 0 aromatic rings. The number of amides is 1. The van der Waals surface area contributed by atoms with Crippen LogP contribution < -0.4 is 5.32 Å². The van der Waals surface area contributed by atoms with Gasteiger partial charge in [-0.3, -0.25) is 9.35 Å². The van der Waals surface area contributed by atoms with Crippen molar-refractivity contribution < 1.29 is 51.8 Å². The first-order chi connectivity index (χ1) is 33.0. The van der Waals surface area contributed by atoms with Crippen LogP contribution >= 0.6 is 0 Å². The molecule has 1 aliphatic rings. The lowest BCUT2D eigenvalue weighted by Crippen LogP contribution is -2.61. The highest BCUT2D eigenvalue weighted by atomic mass is 32.3. The van der Waals surface area contributed by atoms with Crippen LogP contribution in [-0.4, -0.2) is 95.4 Å². The Morgan fingerprint density at radius 3 is 1.32 bits per heavy atom. The molecule has 1 aliphatic heterocycles. The van der Waals surface area contributed by atoms with Crippen molar-refractivity contribution in [2.45, 2.75) is 320 Å². The minimum absolute atomic E-state index is 0.234. The maximum Gasteiger partial charge on any atom is 0.397 e. The van der Waals surface area contributed by atoms with Gasteiger partial charge in [-0.1, -0.05) is 244 Å². The quantitative estimate of drug-likeness (QED) is 0.0193. The number of allylic oxidation sites excluding steroid dienone is 2. The van der Waals surface area contributed by atoms with E-state index in [1.807, 2.05) is 0 Å². The zero-order chi connectivity index (χ0) is 49.8. The van der Waals surface area contributed by atoms with E-state index in [2.05, 4.69) is 35.5 Å². The number of rotatable bonds is 50. The number of carbonyl (C=O) groups is 1. The lowest BCUT2D eigenvalue weighted by atomic mass is 9.99. The van der Waals surface area contributed by atoms with Gasteiger partial charge in [0.05, 0.1) is 25.4 Å². The molecule has 68 heavy (non-hydrogen) atoms. The molecule has 0 radical (unpaired) electrons. The van der Waals surface area contributed by atoms with Gasteiger partial charge in [0.15, 0.2) is 6.29 Å². The molecule has 1 fully saturated rings. The summed E-state index contributed by atoms with van der Waals surface area (Å²) in [6, 6.07) is -0.860. The third kappa shape index (κ3) is 37.6. The van der Waals surface area contributed by atoms with Gasteiger partial charge in [-0.15, -0.1) is 0 Å². The standard InChI is InChI=1S/C55H107NO11S/c1-3-5-7-9-11-13-15-17-19-21-22-23-24-25-26-27-28-29-30-32-34-36-38-40-42-44-49(58)48(47-65-55-53(61)54(67-68(62,63)64)52(60)50(46-57)66-55)56-51(59)45-43-41-39-37-35-33-31-20-18-16-14-12-10-8-6-4-2/h20,31,48-50,52-55,57-58,60-61H,3-19,21-30,32-47H2,1-2H3,(H,56,59)(H,62,63,64)/b31-20-. The number of unbranched alkanes of at least 4 members (excludes halogenated alkanes) is 36. The summed E-state index contributed by atoms with van der Waals surface area (Å²) >= 11 is 0. The van der Waals surface area contributed by atoms with Gasteiger partial charge in [-0.05, 0) is 38.5 Å². The molecule has 0 aliphatic carbocycles. The van der Waals surface area contributed by atoms with Crippen LogP contribution in [0, 0.1) is 0 Å². The lowest BCUT2D eigenvalue weighted by Gasteiger charge is -2.41. The summed E-state index contributed by atoms with van der Waals surface area (Å²) in [5, 5.41) is 45.1. The van der Waals surface area contributed by atoms with E-state index in [-0.39, 0.29) is 18.9 Å². The SMILES string of the molecule is CCCCCCCCC/C=C\CCCCCCCC(=O)NC(COC1OC(CO)C(O)C(OS(=O)(=O)O)C1O)C(O)CCCCCCCCCCCCCCCCCCCCCCCCCCC. The molecule has 0 spiro atoms. The van der Waals surface area contributed by atoms with Crippen molar-refractivity contribution >= 4 is 16.3 Å². The number of aliphatic hydroxyl groups is 4. The first-order valence-electron chi connectivity index (χ1n) is 28.6. The van der Waals surface area contributed by atoms with Crippen LogP contribution in [0.15, 0.2) is 12.2 Å². The summed E-state index contributed by atoms with van der Waals surface area (Å²) in [7, 11) is -5.08. The lowest BCUT2D eigenvalue weighted by molar-refractivity contribution is -0.298. The molecule has 12 nitrogen and oxygen atoms in total. The number of nitrogens with one attached hydrogen (secondary N) is 1. The average Bonchev–Trinajstić information content (AvgIpc) is 3.31. The minimum Gasteiger partial charge on any atom is -0.394 e. The topological polar surface area (TPSA) is 192 Å². The van der Waals surface area contributed by atoms with Crippen molar-refractivity contribution in [1.29, 1.82) is 0 Å². The molecular formula is C55H107NO11S. The Hall–Kier alpha value is -1.16. The van der Waals surface area contributed by atoms with Gasteiger partial charge in [-0.2, -0.15) is 8.42 Å². The molecule has 7 atom stereocenters. The van der Waals surface area contributed by atoms with Gasteiger partial charge in [0.25, 0.3) is 0 Å². The number of carbonyl (C=O) groups excluding carboxylic acids is 1. The predicted octanol–water partition coefficient (Wildman–Crippen LogP) is 13.1. The zero-order valence-corrected chi connectivity index (χ0v) is 44.5. The summed E-state index contributed by atoms with van der Waals surface area (Å²) in [6.07, 6.45) is 45.0. The molecule has 1 amide bonds. The minimum atomic E-state index is -5.08. The van der Waals surface area contributed by atoms with E-state index in [0.717, 1.165) is 64.2 Å². The van der Waals surface area contributed by atoms with E-state index < -0.39 is 59.9 Å². The van der Waals surface area contributed by atoms with Gasteiger partial charge in [0, 0.05) is 6.42 Å². The Kier molecular flexibility index (Phi) is 43.6. The number of hydrogen-bond acceptors (Lipinski definition) is 10. The van der Waals surface area contributed by atoms with Crippen LogP contribution in [0.2, 0.25) is 0 Å². The second kappa shape index (κ2) is 45.7. The van der Waals surface area contributed by atoms with Crippen LogP contribution in [0.4, 0.5) is 0 Å². The first-order valence-corrected chi connectivity index (χ1v) is 29.9. The second-order valence-electron chi connectivity index (χ2n) is 20.2. The molecule has 404 valence electrons. The fourth-order valence-corrected chi connectivity index (χ4v) is 9.91. The summed E-state index contributed by atoms with van der Waals surface area (Å²) in [5.74, 6) is -0.234. The summed E-state index contributed by atoms with van der Waals surface area (Å²) < 4.78 is 47.9. The number of ether oxygens (including phenoxy) is 2. The van der Waals surface area contributed by atoms with E-state index in [4.69, 9.17) is 9.47 Å². The van der Waals surface area contributed by atoms with E-state index in [0.29, 0.717) is 12.8 Å². The number of hydrogen-bond donors (Lipinski definition) is 6. The van der Waals surface area contributed by atoms with Crippen LogP contribution in [0.5, 0.6) is 0 Å². The Morgan fingerprint density at radius 1 is 0.574 bits per heavy atom. The maximum atomic E-state index is 13.1. The first kappa shape index (κ1) is 64.9. The summed E-state index contributed by atoms with van der Waals surface area (Å²) in [6.45, 7) is 3.48. The monoisotopic (exact) mass is 990 g/mol. The number of aliphatic hydroxyl groups excluding tert-OH is 4. The van der Waals surface area contributed by atoms with Crippen LogP contribution in [-0.2, 0) is 28.9 Å². The smallest absolute Gasteiger partial charge is 0.394 e. The molecule has 7 unspecified atom stereocenters. The van der Waals surface area contributed by atoms with Crippen molar-refractivity contribution in [1.82, 2.24) is 5.32 Å². The van der Waals surface area contributed by atoms with Crippen LogP contribution in [0.1, 0.15) is 277 Å². The van der Waals surface area contributed by atoms with Crippen LogP contribution in [0.3, 0.4) is 0 Å². The largest absolute Gasteiger partial charge is 0.397 e. The molecule has 1 heterocycles. The van der Waals surface area contributed by atoms with Crippen molar-refractivity contribution in [2.75, 3.05) is 13.2 Å². The molecule has 0 aromatic carbocycles. The predicted molar refractivity (Wildman–Crippen MR) is 278 cm³/mol. The molecule has 0 bridgehead atoms. The third-order valence-corrected chi connectivity index (χ3v) is 14.3. The Bertz CT molecular complexity index is 1260. The van der Waals surface area contributed by atoms with Crippen LogP contribution in [0.25, 0.3) is 0 Å². The Labute approximate surface area is 417 Å². The van der Waals surface area contributed by atoms with Crippen molar-refractivity contribution in [3.05, 3.63) is 12.2 Å². The molecular weight excluding hydrogens is 883 g/mol. The van der Waals surface area contributed by atoms with E-state index >= 15 is 0 Å². The highest BCUT2D eigenvalue weighted by Crippen LogP contribution is 2.26. The molecule has 1 saturated heterocycles. The fourth-order valence-electron chi connectivity index (χ4n) is 9.40. The molecule has 0 aromatic heterocycles. The molecule has 1 rings (SSSR count). The van der Waals surface area contributed by atoms with Crippen molar-refractivity contribution in [3.63, 3.8) is 0 Å². The second-order valence-corrected chi connectivity index (χ2v) is 21.3. The van der Waals surface area contributed by atoms with Crippen molar-refractivity contribution in [2.24, 2.45) is 0 Å². The van der Waals surface area contributed by atoms with Gasteiger partial charge in [-0.25, -0.2) is 4.18 Å². The maximum absolute atomic E-state index is 13.1. The van der Waals surface area contributed by atoms with E-state index in [1.54, 1.807) is 0 Å². The molecule has 6 N–H and O–H groups in total. The van der Waals surface area contributed by atoms with Crippen molar-refractivity contribution in [3.8, 4) is 0 Å². The Balaban J connectivity index is 2.34. The average molecular weight is 991 g/mol. The van der Waals surface area contributed by atoms with E-state index in [1.165, 1.54) is 180 Å². The van der Waals surface area contributed by atoms with Gasteiger partial charge < -0.3 is 35.2 Å². The van der Waals surface area contributed by atoms with Gasteiger partial charge in [0.2, 0.25) is 5.91 Å². The zero-order valence-electron chi connectivity index (χ0n) is 43.7. The summed E-state index contributed by atoms with van der Waals surface area (Å²) in [4.78, 5) is 13.1. The highest BCUT2D eigenvalue weighted by molar-refractivity contribution is 7.80. The Morgan fingerprint density at radius 2 is 0.941 bits per heavy atom. The van der Waals surface area contributed by atoms with Gasteiger partial charge >= 0.3 is 10.4 Å². The molecule has 0 saturated carbocycles. The fraction of sp³-hybridized carbons (Fsp3) is 0.945. The summed E-state index contributed by atoms with van der Waals surface area (Å²) in [5.41, 5.74) is 0.